The van der Waals surface area contributed by atoms with Gasteiger partial charge in [-0.05, 0) is 0 Å². The van der Waals surface area contributed by atoms with Crippen molar-refractivity contribution in [3.63, 3.8) is 0 Å². The third kappa shape index (κ3) is 2.58. The van der Waals surface area contributed by atoms with Crippen molar-refractivity contribution in [2.75, 3.05) is 14.2 Å². The molecule has 0 radical (unpaired) electrons. The van der Waals surface area contributed by atoms with Gasteiger partial charge in [-0.15, -0.1) is 0 Å². The van der Waals surface area contributed by atoms with E-state index < -0.39 is 23.5 Å². The zero-order valence-corrected chi connectivity index (χ0v) is 11.2. The number of hydrogen-bond acceptors (Lipinski definition) is 6. The first kappa shape index (κ1) is 15.0. The Balaban J connectivity index is 0.00000225. The molecule has 16 heavy (non-hydrogen) atoms. The molecular weight excluding hydrogens is 227 g/mol. The smallest absolute Gasteiger partial charge is 0.870 e. The second kappa shape index (κ2) is 5.93. The molecule has 1 rings (SSSR count). The molecule has 0 bridgehead atoms. The van der Waals surface area contributed by atoms with Crippen molar-refractivity contribution in [3.8, 4) is 0 Å². The number of esters is 2. The summed E-state index contributed by atoms with van der Waals surface area (Å²) in [7, 11) is 2.22. The molecule has 6 nitrogen and oxygen atoms in total. The molecule has 82 valence electrons. The van der Waals surface area contributed by atoms with Gasteiger partial charge >= 0.3 is 41.5 Å². The van der Waals surface area contributed by atoms with Gasteiger partial charge in [0.15, 0.2) is 0 Å². The Hall–Kier alpha value is -0.980. The summed E-state index contributed by atoms with van der Waals surface area (Å²) in [5, 5.41) is 20.6. The van der Waals surface area contributed by atoms with Crippen LogP contribution in [0.3, 0.4) is 0 Å². The Kier molecular flexibility index (Phi) is 5.57. The fourth-order valence-corrected chi connectivity index (χ4v) is 1.20. The molecule has 0 heterocycles. The van der Waals surface area contributed by atoms with Crippen molar-refractivity contribution >= 4 is 11.9 Å². The average Bonchev–Trinajstić information content (AvgIpc) is 2.54. The van der Waals surface area contributed by atoms with Crippen molar-refractivity contribution in [2.24, 2.45) is 0 Å². The van der Waals surface area contributed by atoms with Crippen LogP contribution in [0, 0.1) is 0 Å². The van der Waals surface area contributed by atoms with Crippen LogP contribution in [0.2, 0.25) is 0 Å². The van der Waals surface area contributed by atoms with Crippen LogP contribution in [0.4, 0.5) is 0 Å². The molecule has 0 aliphatic heterocycles. The molecule has 0 saturated carbocycles. The van der Waals surface area contributed by atoms with E-state index in [-0.39, 0.29) is 47.1 Å². The maximum atomic E-state index is 11.3. The van der Waals surface area contributed by atoms with Crippen LogP contribution in [0.25, 0.3) is 0 Å². The first-order valence-electron chi connectivity index (χ1n) is 4.02. The van der Waals surface area contributed by atoms with Crippen LogP contribution in [0.15, 0.2) is 22.7 Å². The van der Waals surface area contributed by atoms with Gasteiger partial charge in [-0.25, -0.2) is 9.59 Å². The Bertz CT molecular complexity index is 345. The first-order valence-corrected chi connectivity index (χ1v) is 4.02. The molecule has 0 aromatic rings. The average molecular weight is 236 g/mol. The van der Waals surface area contributed by atoms with E-state index in [0.29, 0.717) is 0 Å². The minimum Gasteiger partial charge on any atom is -0.870 e. The number of hydrogen-bond donors (Lipinski definition) is 1. The maximum absolute atomic E-state index is 11.3. The predicted molar refractivity (Wildman–Crippen MR) is 45.3 cm³/mol. The number of carbonyl (C=O) groups is 2. The zero-order valence-electron chi connectivity index (χ0n) is 9.20. The number of ether oxygens (including phenoxy) is 2. The van der Waals surface area contributed by atoms with E-state index in [1.165, 1.54) is 0 Å². The minimum atomic E-state index is -0.887. The topological polar surface area (TPSA) is 95.9 Å². The van der Waals surface area contributed by atoms with Gasteiger partial charge in [-0.3, -0.25) is 0 Å². The van der Waals surface area contributed by atoms with Crippen LogP contribution in [0.1, 0.15) is 6.42 Å². The molecule has 0 amide bonds. The normalized spacial score (nSPS) is 14.6. The van der Waals surface area contributed by atoms with Gasteiger partial charge in [-0.1, -0.05) is 5.76 Å². The Morgan fingerprint density at radius 1 is 1.19 bits per heavy atom. The summed E-state index contributed by atoms with van der Waals surface area (Å²) in [6.07, 6.45) is -0.260. The van der Waals surface area contributed by atoms with E-state index in [0.717, 1.165) is 14.2 Å². The van der Waals surface area contributed by atoms with Crippen LogP contribution < -0.4 is 34.7 Å². The third-order valence-corrected chi connectivity index (χ3v) is 1.99. The van der Waals surface area contributed by atoms with Crippen molar-refractivity contribution in [1.82, 2.24) is 0 Å². The van der Waals surface area contributed by atoms with E-state index in [9.17, 15) is 19.8 Å². The molecule has 0 aromatic heterocycles. The summed E-state index contributed by atoms with van der Waals surface area (Å²) in [5.74, 6) is -3.32. The second-order valence-corrected chi connectivity index (χ2v) is 2.79. The standard InChI is InChI=1S/C9H10O6.Na/c1-14-8(12)4-3-5(9(13)15-2)7(11)6(4)10;/h10-11H,3H2,1-2H3;/q;+1/p-1. The van der Waals surface area contributed by atoms with Crippen LogP contribution >= 0.6 is 0 Å². The largest absolute Gasteiger partial charge is 1.00 e. The molecule has 0 saturated heterocycles. The monoisotopic (exact) mass is 236 g/mol. The van der Waals surface area contributed by atoms with Crippen LogP contribution in [-0.2, 0) is 19.1 Å². The fraction of sp³-hybridized carbons (Fsp3) is 0.333. The quantitative estimate of drug-likeness (QED) is 0.390. The van der Waals surface area contributed by atoms with E-state index in [1.807, 2.05) is 0 Å². The van der Waals surface area contributed by atoms with Crippen molar-refractivity contribution in [1.29, 1.82) is 0 Å². The third-order valence-electron chi connectivity index (χ3n) is 1.99. The summed E-state index contributed by atoms with van der Waals surface area (Å²) in [4.78, 5) is 22.1. The minimum absolute atomic E-state index is 0. The summed E-state index contributed by atoms with van der Waals surface area (Å²) >= 11 is 0. The van der Waals surface area contributed by atoms with Crippen molar-refractivity contribution in [3.05, 3.63) is 22.7 Å². The molecule has 0 spiro atoms. The molecule has 0 unspecified atom stereocenters. The van der Waals surface area contributed by atoms with Gasteiger partial charge < -0.3 is 19.7 Å². The van der Waals surface area contributed by atoms with Crippen LogP contribution in [-0.4, -0.2) is 31.3 Å². The molecule has 0 atom stereocenters. The number of aliphatic hydroxyl groups is 1. The molecular formula is C9H9NaO6. The SMILES string of the molecule is COC(=O)C1=C([O-])C(O)=C(C(=O)OC)C1.[Na+]. The van der Waals surface area contributed by atoms with Gasteiger partial charge in [-0.2, -0.15) is 0 Å². The predicted octanol–water partition coefficient (Wildman–Crippen LogP) is -3.83. The van der Waals surface area contributed by atoms with E-state index >= 15 is 0 Å². The van der Waals surface area contributed by atoms with Gasteiger partial charge in [0.25, 0.3) is 0 Å². The summed E-state index contributed by atoms with van der Waals surface area (Å²) in [6.45, 7) is 0. The Morgan fingerprint density at radius 3 is 2.06 bits per heavy atom. The number of carbonyl (C=O) groups excluding carboxylic acids is 2. The Morgan fingerprint density at radius 2 is 1.62 bits per heavy atom. The fourth-order valence-electron chi connectivity index (χ4n) is 1.20. The Labute approximate surface area is 114 Å². The summed E-state index contributed by atoms with van der Waals surface area (Å²) < 4.78 is 8.67. The summed E-state index contributed by atoms with van der Waals surface area (Å²) in [5.41, 5.74) is -0.488. The van der Waals surface area contributed by atoms with Crippen molar-refractivity contribution < 1.29 is 58.8 Å². The number of rotatable bonds is 2. The van der Waals surface area contributed by atoms with Crippen molar-refractivity contribution in [2.45, 2.75) is 6.42 Å². The molecule has 1 N–H and O–H groups in total. The van der Waals surface area contributed by atoms with E-state index in [1.54, 1.807) is 0 Å². The maximum Gasteiger partial charge on any atom is 1.00 e. The number of methoxy groups -OCH3 is 2. The zero-order chi connectivity index (χ0) is 11.6. The van der Waals surface area contributed by atoms with Gasteiger partial charge in [0, 0.05) is 12.0 Å². The van der Waals surface area contributed by atoms with E-state index in [2.05, 4.69) is 9.47 Å². The number of aliphatic hydroxyl groups excluding tert-OH is 1. The molecule has 0 aromatic carbocycles. The van der Waals surface area contributed by atoms with Crippen LogP contribution in [0.5, 0.6) is 0 Å². The molecule has 1 aliphatic rings. The van der Waals surface area contributed by atoms with Gasteiger partial charge in [0.1, 0.15) is 5.76 Å². The molecule has 0 fully saturated rings. The van der Waals surface area contributed by atoms with E-state index in [4.69, 9.17) is 0 Å². The van der Waals surface area contributed by atoms with Gasteiger partial charge in [0.05, 0.1) is 19.8 Å². The first-order chi connectivity index (χ1) is 7.02. The molecule has 7 heteroatoms. The second-order valence-electron chi connectivity index (χ2n) is 2.79. The summed E-state index contributed by atoms with van der Waals surface area (Å²) in [6, 6.07) is 0. The molecule has 1 aliphatic carbocycles. The van der Waals surface area contributed by atoms with Gasteiger partial charge in [0.2, 0.25) is 0 Å².